The Bertz CT molecular complexity index is 1150. The van der Waals surface area contributed by atoms with Gasteiger partial charge in [-0.3, -0.25) is 0 Å². The van der Waals surface area contributed by atoms with Crippen LogP contribution in [0.1, 0.15) is 5.56 Å². The number of nitrogens with one attached hydrogen (secondary N) is 1. The summed E-state index contributed by atoms with van der Waals surface area (Å²) in [5.74, 6) is 1.28. The number of ether oxygens (including phenoxy) is 1. The van der Waals surface area contributed by atoms with E-state index < -0.39 is 0 Å². The van der Waals surface area contributed by atoms with E-state index in [1.54, 1.807) is 36.5 Å². The van der Waals surface area contributed by atoms with E-state index in [0.29, 0.717) is 28.2 Å². The highest BCUT2D eigenvalue weighted by molar-refractivity contribution is 6.37. The highest BCUT2D eigenvalue weighted by Gasteiger charge is 2.09. The fourth-order valence-corrected chi connectivity index (χ4v) is 2.90. The first-order chi connectivity index (χ1) is 13.2. The SMILES string of the molecule is N#Cc1ccc(Nc2nccc(Oc3ccc4ccccc4c3Cl)n2)cc1. The monoisotopic (exact) mass is 372 g/mol. The van der Waals surface area contributed by atoms with Gasteiger partial charge in [-0.2, -0.15) is 10.2 Å². The maximum atomic E-state index is 8.86. The summed E-state index contributed by atoms with van der Waals surface area (Å²) in [4.78, 5) is 8.55. The predicted molar refractivity (Wildman–Crippen MR) is 106 cm³/mol. The maximum Gasteiger partial charge on any atom is 0.230 e. The van der Waals surface area contributed by atoms with Gasteiger partial charge in [0.2, 0.25) is 11.8 Å². The zero-order chi connectivity index (χ0) is 18.6. The standard InChI is InChI=1S/C21H13ClN4O/c22-20-17-4-2-1-3-15(17)7-10-18(20)27-19-11-12-24-21(26-19)25-16-8-5-14(13-23)6-9-16/h1-12H,(H,24,25,26). The van der Waals surface area contributed by atoms with Crippen LogP contribution in [-0.2, 0) is 0 Å². The molecule has 0 fully saturated rings. The molecule has 6 heteroatoms. The zero-order valence-electron chi connectivity index (χ0n) is 14.1. The fourth-order valence-electron chi connectivity index (χ4n) is 2.62. The molecule has 0 aliphatic rings. The molecule has 1 heterocycles. The van der Waals surface area contributed by atoms with Gasteiger partial charge in [-0.05, 0) is 35.7 Å². The van der Waals surface area contributed by atoms with Crippen LogP contribution < -0.4 is 10.1 Å². The summed E-state index contributed by atoms with van der Waals surface area (Å²) in [5.41, 5.74) is 1.36. The Morgan fingerprint density at radius 2 is 1.78 bits per heavy atom. The molecule has 0 aliphatic carbocycles. The molecule has 0 spiro atoms. The van der Waals surface area contributed by atoms with Crippen molar-refractivity contribution in [2.24, 2.45) is 0 Å². The zero-order valence-corrected chi connectivity index (χ0v) is 14.8. The highest BCUT2D eigenvalue weighted by atomic mass is 35.5. The van der Waals surface area contributed by atoms with Crippen LogP contribution in [0.2, 0.25) is 5.02 Å². The molecule has 130 valence electrons. The van der Waals surface area contributed by atoms with Crippen LogP contribution in [-0.4, -0.2) is 9.97 Å². The summed E-state index contributed by atoms with van der Waals surface area (Å²) in [6.45, 7) is 0. The van der Waals surface area contributed by atoms with Crippen LogP contribution in [0.4, 0.5) is 11.6 Å². The predicted octanol–water partition coefficient (Wildman–Crippen LogP) is 5.69. The Hall–Kier alpha value is -3.62. The molecule has 0 aliphatic heterocycles. The van der Waals surface area contributed by atoms with Gasteiger partial charge < -0.3 is 10.1 Å². The third kappa shape index (κ3) is 3.66. The summed E-state index contributed by atoms with van der Waals surface area (Å²) in [6, 6.07) is 22.4. The first kappa shape index (κ1) is 16.8. The topological polar surface area (TPSA) is 70.8 Å². The molecule has 0 atom stereocenters. The average Bonchev–Trinajstić information content (AvgIpc) is 2.71. The third-order valence-corrected chi connectivity index (χ3v) is 4.33. The van der Waals surface area contributed by atoms with Crippen molar-refractivity contribution in [2.75, 3.05) is 5.32 Å². The Morgan fingerprint density at radius 3 is 2.59 bits per heavy atom. The van der Waals surface area contributed by atoms with Crippen LogP contribution in [0.25, 0.3) is 10.8 Å². The van der Waals surface area contributed by atoms with Crippen LogP contribution in [0.15, 0.2) is 72.9 Å². The number of halogens is 1. The summed E-state index contributed by atoms with van der Waals surface area (Å²) in [7, 11) is 0. The maximum absolute atomic E-state index is 8.86. The number of nitriles is 1. The van der Waals surface area contributed by atoms with Gasteiger partial charge in [0.1, 0.15) is 5.75 Å². The second kappa shape index (κ2) is 7.32. The van der Waals surface area contributed by atoms with Gasteiger partial charge in [-0.25, -0.2) is 4.98 Å². The van der Waals surface area contributed by atoms with Gasteiger partial charge >= 0.3 is 0 Å². The fraction of sp³-hybridized carbons (Fsp3) is 0. The Kier molecular flexibility index (Phi) is 4.56. The Balaban J connectivity index is 1.57. The number of hydrogen-bond donors (Lipinski definition) is 1. The van der Waals surface area contributed by atoms with Crippen molar-refractivity contribution in [3.63, 3.8) is 0 Å². The minimum absolute atomic E-state index is 0.373. The van der Waals surface area contributed by atoms with Gasteiger partial charge in [-0.15, -0.1) is 0 Å². The molecule has 0 unspecified atom stereocenters. The third-order valence-electron chi connectivity index (χ3n) is 3.94. The molecule has 5 nitrogen and oxygen atoms in total. The molecular weight excluding hydrogens is 360 g/mol. The molecule has 1 aromatic heterocycles. The van der Waals surface area contributed by atoms with Crippen LogP contribution in [0.3, 0.4) is 0 Å². The van der Waals surface area contributed by atoms with Crippen molar-refractivity contribution in [2.45, 2.75) is 0 Å². The van der Waals surface area contributed by atoms with E-state index in [0.717, 1.165) is 16.5 Å². The molecule has 0 saturated carbocycles. The lowest BCUT2D eigenvalue weighted by atomic mass is 10.1. The summed E-state index contributed by atoms with van der Waals surface area (Å²) in [6.07, 6.45) is 1.60. The van der Waals surface area contributed by atoms with Crippen molar-refractivity contribution in [1.29, 1.82) is 5.26 Å². The van der Waals surface area contributed by atoms with Gasteiger partial charge in [0.05, 0.1) is 16.7 Å². The van der Waals surface area contributed by atoms with Gasteiger partial charge in [0.25, 0.3) is 0 Å². The molecule has 0 bridgehead atoms. The lowest BCUT2D eigenvalue weighted by molar-refractivity contribution is 0.463. The number of fused-ring (bicyclic) bond motifs is 1. The number of benzene rings is 3. The van der Waals surface area contributed by atoms with E-state index in [1.165, 1.54) is 0 Å². The number of rotatable bonds is 4. The Labute approximate surface area is 160 Å². The normalized spacial score (nSPS) is 10.4. The number of nitrogens with zero attached hydrogens (tertiary/aromatic N) is 3. The molecule has 4 aromatic rings. The molecule has 0 amide bonds. The number of hydrogen-bond acceptors (Lipinski definition) is 5. The summed E-state index contributed by atoms with van der Waals surface area (Å²) in [5, 5.41) is 14.4. The first-order valence-electron chi connectivity index (χ1n) is 8.18. The largest absolute Gasteiger partial charge is 0.437 e. The van der Waals surface area contributed by atoms with Crippen molar-refractivity contribution >= 4 is 34.0 Å². The van der Waals surface area contributed by atoms with Gasteiger partial charge in [-0.1, -0.05) is 41.9 Å². The first-order valence-corrected chi connectivity index (χ1v) is 8.56. The van der Waals surface area contributed by atoms with Crippen LogP contribution >= 0.6 is 11.6 Å². The van der Waals surface area contributed by atoms with E-state index >= 15 is 0 Å². The van der Waals surface area contributed by atoms with Gasteiger partial charge in [0.15, 0.2) is 0 Å². The highest BCUT2D eigenvalue weighted by Crippen LogP contribution is 2.35. The van der Waals surface area contributed by atoms with E-state index in [-0.39, 0.29) is 0 Å². The molecule has 0 saturated heterocycles. The molecule has 0 radical (unpaired) electrons. The Morgan fingerprint density at radius 1 is 0.963 bits per heavy atom. The van der Waals surface area contributed by atoms with E-state index in [1.807, 2.05) is 36.4 Å². The van der Waals surface area contributed by atoms with Crippen LogP contribution in [0.5, 0.6) is 11.6 Å². The van der Waals surface area contributed by atoms with Crippen molar-refractivity contribution < 1.29 is 4.74 Å². The lowest BCUT2D eigenvalue weighted by Gasteiger charge is -2.10. The van der Waals surface area contributed by atoms with Gasteiger partial charge in [0, 0.05) is 23.3 Å². The second-order valence-corrected chi connectivity index (χ2v) is 6.11. The molecule has 27 heavy (non-hydrogen) atoms. The molecule has 4 rings (SSSR count). The average molecular weight is 373 g/mol. The number of aromatic nitrogens is 2. The molecule has 3 aromatic carbocycles. The minimum atomic E-state index is 0.373. The van der Waals surface area contributed by atoms with Crippen molar-refractivity contribution in [1.82, 2.24) is 9.97 Å². The van der Waals surface area contributed by atoms with E-state index in [2.05, 4.69) is 21.4 Å². The molecular formula is C21H13ClN4O. The minimum Gasteiger partial charge on any atom is -0.437 e. The lowest BCUT2D eigenvalue weighted by Crippen LogP contribution is -1.98. The quantitative estimate of drug-likeness (QED) is 0.498. The second-order valence-electron chi connectivity index (χ2n) is 5.73. The van der Waals surface area contributed by atoms with Crippen LogP contribution in [0, 0.1) is 11.3 Å². The molecule has 1 N–H and O–H groups in total. The van der Waals surface area contributed by atoms with Crippen molar-refractivity contribution in [3.05, 3.63) is 83.5 Å². The smallest absolute Gasteiger partial charge is 0.230 e. The summed E-state index contributed by atoms with van der Waals surface area (Å²) >= 11 is 6.48. The summed E-state index contributed by atoms with van der Waals surface area (Å²) < 4.78 is 5.87. The van der Waals surface area contributed by atoms with Crippen molar-refractivity contribution in [3.8, 4) is 17.7 Å². The number of anilines is 2. The van der Waals surface area contributed by atoms with E-state index in [4.69, 9.17) is 21.6 Å². The van der Waals surface area contributed by atoms with E-state index in [9.17, 15) is 0 Å².